The lowest BCUT2D eigenvalue weighted by Gasteiger charge is -2.32. The lowest BCUT2D eigenvalue weighted by atomic mass is 9.78. The maximum atomic E-state index is 6.54. The molecule has 1 saturated heterocycles. The molecule has 0 bridgehead atoms. The fraction of sp³-hybridized carbons (Fsp3) is 0.0968. The number of furan rings is 2. The van der Waals surface area contributed by atoms with Crippen LogP contribution in [0, 0.1) is 0 Å². The molecular formula is C62H42BClN4O4S2. The van der Waals surface area contributed by atoms with E-state index in [4.69, 9.17) is 49.7 Å². The third kappa shape index (κ3) is 7.17. The van der Waals surface area contributed by atoms with Gasteiger partial charge in [-0.25, -0.2) is 19.9 Å². The quantitative estimate of drug-likeness (QED) is 0.157. The standard InChI is InChI=1S/C34H27BN2O3S.C28H15ClN2OS/c1-33(2)34(3,4)40-35(39-33)24-17-10-15-22-27-23(16-11-18-25(27)38-30(22)24)32-36-28(20-12-6-5-7-13-20)31-29(37-32)21-14-8-9-19-26(21)41-31;29-20-13-6-11-18-23-19(12-7-14-21(23)32-26(18)20)28-30-24(16-8-2-1-3-9-16)27-25(31-28)17-10-4-5-15-22(17)33-27/h5-19H,1-4H3;1-15H. The lowest BCUT2D eigenvalue weighted by Crippen LogP contribution is -2.41. The molecule has 7 heterocycles. The minimum Gasteiger partial charge on any atom is -0.456 e. The highest BCUT2D eigenvalue weighted by molar-refractivity contribution is 7.26. The van der Waals surface area contributed by atoms with E-state index in [-0.39, 0.29) is 0 Å². The summed E-state index contributed by atoms with van der Waals surface area (Å²) < 4.78 is 30.1. The van der Waals surface area contributed by atoms with Crippen molar-refractivity contribution in [2.75, 3.05) is 0 Å². The van der Waals surface area contributed by atoms with Gasteiger partial charge in [0.1, 0.15) is 16.7 Å². The molecule has 1 fully saturated rings. The summed E-state index contributed by atoms with van der Waals surface area (Å²) in [5, 5.41) is 6.80. The molecule has 0 atom stereocenters. The first-order valence-electron chi connectivity index (χ1n) is 24.5. The normalized spacial score (nSPS) is 14.4. The number of thiophene rings is 2. The average molecular weight is 1020 g/mol. The van der Waals surface area contributed by atoms with Gasteiger partial charge in [0.15, 0.2) is 17.2 Å². The molecule has 1 aliphatic rings. The van der Waals surface area contributed by atoms with Gasteiger partial charge >= 0.3 is 7.12 Å². The van der Waals surface area contributed by atoms with Gasteiger partial charge in [-0.3, -0.25) is 0 Å². The smallest absolute Gasteiger partial charge is 0.456 e. The zero-order chi connectivity index (χ0) is 49.9. The van der Waals surface area contributed by atoms with Gasteiger partial charge in [0, 0.05) is 69.4 Å². The summed E-state index contributed by atoms with van der Waals surface area (Å²) in [6.45, 7) is 8.26. The fourth-order valence-corrected chi connectivity index (χ4v) is 12.7. The number of aromatic nitrogens is 4. The molecule has 0 saturated carbocycles. The SMILES string of the molecule is CC1(C)OB(c2cccc3c2oc2cccc(-c4nc(-c5ccccc5)c5sc6ccccc6c5n4)c23)OC1(C)C.Clc1cccc2c1oc1cccc(-c3nc(-c4ccccc4)c4sc5ccccc5c4n3)c12. The molecule has 6 aromatic heterocycles. The predicted octanol–water partition coefficient (Wildman–Crippen LogP) is 17.1. The molecule has 0 amide bonds. The van der Waals surface area contributed by atoms with E-state index < -0.39 is 18.3 Å². The van der Waals surface area contributed by atoms with Gasteiger partial charge in [-0.2, -0.15) is 0 Å². The van der Waals surface area contributed by atoms with Crippen molar-refractivity contribution in [2.45, 2.75) is 38.9 Å². The van der Waals surface area contributed by atoms with Crippen LogP contribution in [0.1, 0.15) is 27.7 Å². The molecule has 15 rings (SSSR count). The highest BCUT2D eigenvalue weighted by atomic mass is 35.5. The summed E-state index contributed by atoms with van der Waals surface area (Å²) in [5.74, 6) is 1.35. The van der Waals surface area contributed by atoms with Crippen molar-refractivity contribution in [3.63, 3.8) is 0 Å². The van der Waals surface area contributed by atoms with Gasteiger partial charge in [0.25, 0.3) is 0 Å². The molecule has 1 aliphatic heterocycles. The van der Waals surface area contributed by atoms with E-state index in [0.29, 0.717) is 22.3 Å². The van der Waals surface area contributed by atoms with Crippen LogP contribution in [-0.2, 0) is 9.31 Å². The van der Waals surface area contributed by atoms with Gasteiger partial charge in [0.05, 0.1) is 48.0 Å². The third-order valence-corrected chi connectivity index (χ3v) is 17.2. The molecule has 12 heteroatoms. The van der Waals surface area contributed by atoms with Crippen LogP contribution >= 0.6 is 34.3 Å². The number of nitrogens with zero attached hydrogens (tertiary/aromatic N) is 4. The molecule has 8 nitrogen and oxygen atoms in total. The minimum atomic E-state index is -0.526. The van der Waals surface area contributed by atoms with Gasteiger partial charge in [-0.05, 0) is 58.0 Å². The van der Waals surface area contributed by atoms with Crippen molar-refractivity contribution < 1.29 is 18.1 Å². The maximum Gasteiger partial charge on any atom is 0.498 e. The molecule has 0 spiro atoms. The van der Waals surface area contributed by atoms with Crippen LogP contribution in [0.2, 0.25) is 5.02 Å². The Kier molecular flexibility index (Phi) is 10.4. The van der Waals surface area contributed by atoms with Gasteiger partial charge in [-0.1, -0.05) is 163 Å². The molecule has 0 aliphatic carbocycles. The van der Waals surface area contributed by atoms with Crippen LogP contribution in [-0.4, -0.2) is 38.3 Å². The molecule has 356 valence electrons. The summed E-state index contributed by atoms with van der Waals surface area (Å²) in [6, 6.07) is 61.6. The molecule has 0 N–H and O–H groups in total. The first-order chi connectivity index (χ1) is 36.1. The maximum absolute atomic E-state index is 6.54. The van der Waals surface area contributed by atoms with E-state index in [0.717, 1.165) is 109 Å². The van der Waals surface area contributed by atoms with Crippen LogP contribution in [0.4, 0.5) is 0 Å². The number of para-hydroxylation sites is 2. The molecule has 8 aromatic carbocycles. The van der Waals surface area contributed by atoms with Crippen molar-refractivity contribution in [1.82, 2.24) is 19.9 Å². The zero-order valence-electron chi connectivity index (χ0n) is 40.5. The number of rotatable bonds is 5. The third-order valence-electron chi connectivity index (χ3n) is 14.6. The van der Waals surface area contributed by atoms with Gasteiger partial charge in [0.2, 0.25) is 0 Å². The summed E-state index contributed by atoms with van der Waals surface area (Å²) in [7, 11) is -0.526. The summed E-state index contributed by atoms with van der Waals surface area (Å²) in [5.41, 5.74) is 10.8. The molecule has 74 heavy (non-hydrogen) atoms. The molecular weight excluding hydrogens is 975 g/mol. The number of halogens is 1. The lowest BCUT2D eigenvalue weighted by molar-refractivity contribution is 0.00578. The highest BCUT2D eigenvalue weighted by Crippen LogP contribution is 2.45. The Bertz CT molecular complexity index is 4530. The molecule has 14 aromatic rings. The van der Waals surface area contributed by atoms with E-state index in [1.807, 2.05) is 78.9 Å². The van der Waals surface area contributed by atoms with Crippen molar-refractivity contribution in [3.05, 3.63) is 187 Å². The Morgan fingerprint density at radius 2 is 0.865 bits per heavy atom. The minimum absolute atomic E-state index is 0.447. The van der Waals surface area contributed by atoms with Crippen molar-refractivity contribution in [1.29, 1.82) is 0 Å². The van der Waals surface area contributed by atoms with E-state index in [1.165, 1.54) is 9.40 Å². The predicted molar refractivity (Wildman–Crippen MR) is 307 cm³/mol. The number of benzene rings is 8. The molecule has 0 unspecified atom stereocenters. The topological polar surface area (TPSA) is 96.3 Å². The van der Waals surface area contributed by atoms with Gasteiger partial charge in [-0.15, -0.1) is 22.7 Å². The largest absolute Gasteiger partial charge is 0.498 e. The van der Waals surface area contributed by atoms with E-state index >= 15 is 0 Å². The summed E-state index contributed by atoms with van der Waals surface area (Å²) in [4.78, 5) is 20.6. The summed E-state index contributed by atoms with van der Waals surface area (Å²) >= 11 is 9.91. The van der Waals surface area contributed by atoms with Crippen LogP contribution < -0.4 is 5.46 Å². The van der Waals surface area contributed by atoms with Crippen LogP contribution in [0.5, 0.6) is 0 Å². The number of hydrogen-bond donors (Lipinski definition) is 0. The van der Waals surface area contributed by atoms with Crippen molar-refractivity contribution in [2.24, 2.45) is 0 Å². The van der Waals surface area contributed by atoms with Crippen LogP contribution in [0.25, 0.3) is 130 Å². The Morgan fingerprint density at radius 3 is 1.39 bits per heavy atom. The molecule has 0 radical (unpaired) electrons. The highest BCUT2D eigenvalue weighted by Gasteiger charge is 2.52. The average Bonchev–Trinajstić information content (AvgIpc) is 4.24. The first kappa shape index (κ1) is 44.9. The Hall–Kier alpha value is -7.77. The second-order valence-corrected chi connectivity index (χ2v) is 22.1. The van der Waals surface area contributed by atoms with Crippen LogP contribution in [0.15, 0.2) is 191 Å². The number of fused-ring (bicyclic) bond motifs is 12. The monoisotopic (exact) mass is 1020 g/mol. The second kappa shape index (κ2) is 17.2. The fourth-order valence-electron chi connectivity index (χ4n) is 10.2. The second-order valence-electron chi connectivity index (χ2n) is 19.6. The van der Waals surface area contributed by atoms with E-state index in [2.05, 4.69) is 131 Å². The van der Waals surface area contributed by atoms with Gasteiger partial charge < -0.3 is 18.1 Å². The van der Waals surface area contributed by atoms with Crippen LogP contribution in [0.3, 0.4) is 0 Å². The first-order valence-corrected chi connectivity index (χ1v) is 26.5. The Balaban J connectivity index is 0.000000140. The summed E-state index contributed by atoms with van der Waals surface area (Å²) in [6.07, 6.45) is 0. The Labute approximate surface area is 438 Å². The van der Waals surface area contributed by atoms with E-state index in [1.54, 1.807) is 22.7 Å². The Morgan fingerprint density at radius 1 is 0.432 bits per heavy atom. The van der Waals surface area contributed by atoms with Crippen molar-refractivity contribution in [3.8, 4) is 45.3 Å². The zero-order valence-corrected chi connectivity index (χ0v) is 42.9. The van der Waals surface area contributed by atoms with Crippen molar-refractivity contribution >= 4 is 131 Å². The number of hydrogen-bond acceptors (Lipinski definition) is 10. The van der Waals surface area contributed by atoms with E-state index in [9.17, 15) is 0 Å².